The number of aliphatic hydroxyl groups is 1. The van der Waals surface area contributed by atoms with Crippen molar-refractivity contribution in [3.05, 3.63) is 42.2 Å². The molecule has 38 heavy (non-hydrogen) atoms. The molecule has 3 aromatic rings. The van der Waals surface area contributed by atoms with Crippen molar-refractivity contribution in [2.75, 3.05) is 11.9 Å². The van der Waals surface area contributed by atoms with Gasteiger partial charge in [-0.1, -0.05) is 24.3 Å². The zero-order valence-electron chi connectivity index (χ0n) is 22.1. The van der Waals surface area contributed by atoms with Gasteiger partial charge in [-0.3, -0.25) is 10.1 Å². The Morgan fingerprint density at radius 1 is 1.21 bits per heavy atom. The number of para-hydroxylation sites is 1. The number of aliphatic carboxylic acids is 1. The third kappa shape index (κ3) is 6.87. The van der Waals surface area contributed by atoms with Gasteiger partial charge in [0, 0.05) is 18.4 Å². The van der Waals surface area contributed by atoms with E-state index in [4.69, 9.17) is 19.6 Å². The van der Waals surface area contributed by atoms with Crippen molar-refractivity contribution < 1.29 is 29.3 Å². The third-order valence-electron chi connectivity index (χ3n) is 6.51. The lowest BCUT2D eigenvalue weighted by atomic mass is 9.91. The van der Waals surface area contributed by atoms with E-state index in [2.05, 4.69) is 10.3 Å². The first-order valence-electron chi connectivity index (χ1n) is 13.1. The number of benzene rings is 1. The van der Waals surface area contributed by atoms with Gasteiger partial charge in [0.1, 0.15) is 24.1 Å². The van der Waals surface area contributed by atoms with Crippen LogP contribution in [0.25, 0.3) is 21.9 Å². The number of nitrogens with one attached hydrogen (secondary N) is 1. The summed E-state index contributed by atoms with van der Waals surface area (Å²) in [6.07, 6.45) is 5.59. The van der Waals surface area contributed by atoms with E-state index in [-0.39, 0.29) is 31.3 Å². The van der Waals surface area contributed by atoms with Gasteiger partial charge in [0.25, 0.3) is 0 Å². The van der Waals surface area contributed by atoms with E-state index >= 15 is 0 Å². The maximum Gasteiger partial charge on any atom is 0.413 e. The molecule has 1 aliphatic carbocycles. The molecule has 204 valence electrons. The fraction of sp³-hybridized carbons (Fsp3) is 0.500. The highest BCUT2D eigenvalue weighted by Gasteiger charge is 2.25. The van der Waals surface area contributed by atoms with Crippen LogP contribution in [0.4, 0.5) is 10.6 Å². The second-order valence-electron chi connectivity index (χ2n) is 10.4. The maximum atomic E-state index is 13.0. The maximum absolute atomic E-state index is 13.0. The molecule has 0 spiro atoms. The monoisotopic (exact) mass is 524 g/mol. The number of carbonyl (C=O) groups is 2. The van der Waals surface area contributed by atoms with E-state index in [1.165, 1.54) is 0 Å². The molecule has 10 heteroatoms. The van der Waals surface area contributed by atoms with E-state index in [0.717, 1.165) is 23.7 Å². The average Bonchev–Trinajstić information content (AvgIpc) is 3.17. The normalized spacial score (nSPS) is 19.2. The molecule has 0 saturated heterocycles. The van der Waals surface area contributed by atoms with E-state index in [9.17, 15) is 14.7 Å². The van der Waals surface area contributed by atoms with E-state index in [0.29, 0.717) is 36.3 Å². The van der Waals surface area contributed by atoms with Crippen molar-refractivity contribution in [3.8, 4) is 0 Å². The van der Waals surface area contributed by atoms with E-state index in [1.54, 1.807) is 13.8 Å². The Labute approximate surface area is 221 Å². The number of imidazole rings is 1. The predicted octanol–water partition coefficient (Wildman–Crippen LogP) is 5.03. The highest BCUT2D eigenvalue weighted by Crippen LogP contribution is 2.32. The van der Waals surface area contributed by atoms with Crippen molar-refractivity contribution >= 4 is 39.8 Å². The molecule has 2 heterocycles. The van der Waals surface area contributed by atoms with Crippen LogP contribution in [-0.4, -0.2) is 55.1 Å². The molecule has 1 amide bonds. The molecule has 1 aromatic carbocycles. The number of amides is 1. The number of aromatic nitrogens is 3. The first kappa shape index (κ1) is 27.5. The summed E-state index contributed by atoms with van der Waals surface area (Å²) in [6.45, 7) is 6.40. The number of allylic oxidation sites excluding steroid dienone is 1. The van der Waals surface area contributed by atoms with Crippen LogP contribution in [0.1, 0.15) is 58.7 Å². The van der Waals surface area contributed by atoms with Gasteiger partial charge in [0.05, 0.1) is 23.2 Å². The Balaban J connectivity index is 1.63. The Bertz CT molecular complexity index is 1330. The van der Waals surface area contributed by atoms with Gasteiger partial charge in [-0.25, -0.2) is 14.8 Å². The van der Waals surface area contributed by atoms with Gasteiger partial charge in [-0.2, -0.15) is 0 Å². The summed E-state index contributed by atoms with van der Waals surface area (Å²) in [5, 5.41) is 23.3. The van der Waals surface area contributed by atoms with Crippen LogP contribution in [0, 0.1) is 5.92 Å². The molecule has 0 bridgehead atoms. The summed E-state index contributed by atoms with van der Waals surface area (Å²) < 4.78 is 13.3. The summed E-state index contributed by atoms with van der Waals surface area (Å²) in [4.78, 5) is 33.5. The van der Waals surface area contributed by atoms with Gasteiger partial charge in [-0.15, -0.1) is 0 Å². The van der Waals surface area contributed by atoms with E-state index < -0.39 is 23.8 Å². The standard InChI is InChI=1S/C28H36N4O6/c1-4-37-16-22-30-24-25(32(22)17-28(2,3)36)20-13-5-6-14-21(20)29-26(24)31-27(35)38-19-11-7-9-18(10-8-12-19)15-23(33)34/h5-7,11,13-14,18-19,36H,4,8-10,12,15-17H2,1-3H3,(H,33,34)(H,29,31,35)/b11-7+. The Morgan fingerprint density at radius 2 is 2.00 bits per heavy atom. The minimum atomic E-state index is -1.01. The number of carbonyl (C=O) groups excluding carboxylic acids is 1. The lowest BCUT2D eigenvalue weighted by molar-refractivity contribution is -0.138. The minimum absolute atomic E-state index is 0.0958. The second kappa shape index (κ2) is 11.9. The van der Waals surface area contributed by atoms with Crippen LogP contribution < -0.4 is 5.32 Å². The van der Waals surface area contributed by atoms with Gasteiger partial charge < -0.3 is 24.3 Å². The topological polar surface area (TPSA) is 136 Å². The van der Waals surface area contributed by atoms with Crippen LogP contribution in [0.3, 0.4) is 0 Å². The molecule has 0 radical (unpaired) electrons. The molecule has 0 aliphatic heterocycles. The lowest BCUT2D eigenvalue weighted by Crippen LogP contribution is -2.27. The zero-order valence-corrected chi connectivity index (χ0v) is 22.1. The van der Waals surface area contributed by atoms with Crippen LogP contribution >= 0.6 is 0 Å². The van der Waals surface area contributed by atoms with Crippen molar-refractivity contribution in [3.63, 3.8) is 0 Å². The lowest BCUT2D eigenvalue weighted by Gasteiger charge is -2.21. The van der Waals surface area contributed by atoms with Crippen LogP contribution in [0.2, 0.25) is 0 Å². The molecule has 4 rings (SSSR count). The van der Waals surface area contributed by atoms with Crippen LogP contribution in [0.15, 0.2) is 36.4 Å². The zero-order chi connectivity index (χ0) is 27.3. The fourth-order valence-corrected chi connectivity index (χ4v) is 4.87. The second-order valence-corrected chi connectivity index (χ2v) is 10.4. The molecular formula is C28H36N4O6. The number of fused-ring (bicyclic) bond motifs is 3. The molecule has 2 unspecified atom stereocenters. The number of carboxylic acid groups (broad SMARTS) is 1. The minimum Gasteiger partial charge on any atom is -0.481 e. The SMILES string of the molecule is CCOCc1nc2c(NC(=O)OC3/C=C/CC(CC(=O)O)CCC3)nc3ccccc3c2n1CC(C)(C)O. The molecular weight excluding hydrogens is 488 g/mol. The Kier molecular flexibility index (Phi) is 8.63. The highest BCUT2D eigenvalue weighted by molar-refractivity contribution is 6.09. The summed E-state index contributed by atoms with van der Waals surface area (Å²) in [6, 6.07) is 7.59. The molecule has 1 aliphatic rings. The van der Waals surface area contributed by atoms with Crippen LogP contribution in [0.5, 0.6) is 0 Å². The smallest absolute Gasteiger partial charge is 0.413 e. The number of carboxylic acids is 1. The summed E-state index contributed by atoms with van der Waals surface area (Å²) >= 11 is 0. The third-order valence-corrected chi connectivity index (χ3v) is 6.51. The Morgan fingerprint density at radius 3 is 2.74 bits per heavy atom. The molecule has 2 atom stereocenters. The number of anilines is 1. The summed E-state index contributed by atoms with van der Waals surface area (Å²) in [7, 11) is 0. The van der Waals surface area contributed by atoms with Crippen molar-refractivity contribution in [1.82, 2.24) is 14.5 Å². The van der Waals surface area contributed by atoms with Gasteiger partial charge in [0.15, 0.2) is 5.82 Å². The van der Waals surface area contributed by atoms with Gasteiger partial charge in [0.2, 0.25) is 0 Å². The summed E-state index contributed by atoms with van der Waals surface area (Å²) in [5.74, 6) is 0.197. The number of pyridine rings is 1. The molecule has 0 saturated carbocycles. The molecule has 2 aromatic heterocycles. The van der Waals surface area contributed by atoms with Gasteiger partial charge in [-0.05, 0) is 64.5 Å². The first-order chi connectivity index (χ1) is 18.1. The van der Waals surface area contributed by atoms with Crippen molar-refractivity contribution in [2.24, 2.45) is 5.92 Å². The average molecular weight is 525 g/mol. The quantitative estimate of drug-likeness (QED) is 0.332. The van der Waals surface area contributed by atoms with Crippen molar-refractivity contribution in [2.45, 2.75) is 77.7 Å². The number of ether oxygens (including phenoxy) is 2. The highest BCUT2D eigenvalue weighted by atomic mass is 16.6. The number of hydrogen-bond acceptors (Lipinski definition) is 7. The largest absolute Gasteiger partial charge is 0.481 e. The van der Waals surface area contributed by atoms with Crippen LogP contribution in [-0.2, 0) is 27.4 Å². The molecule has 10 nitrogen and oxygen atoms in total. The van der Waals surface area contributed by atoms with Crippen molar-refractivity contribution in [1.29, 1.82) is 0 Å². The first-order valence-corrected chi connectivity index (χ1v) is 13.1. The fourth-order valence-electron chi connectivity index (χ4n) is 4.87. The number of hydrogen-bond donors (Lipinski definition) is 3. The number of nitrogens with zero attached hydrogens (tertiary/aromatic N) is 3. The predicted molar refractivity (Wildman–Crippen MR) is 144 cm³/mol. The molecule has 0 fully saturated rings. The van der Waals surface area contributed by atoms with E-state index in [1.807, 2.05) is 47.9 Å². The van der Waals surface area contributed by atoms with Gasteiger partial charge >= 0.3 is 12.1 Å². The summed E-state index contributed by atoms with van der Waals surface area (Å²) in [5.41, 5.74) is 0.896. The molecule has 3 N–H and O–H groups in total. The number of rotatable bonds is 9. The Hall–Kier alpha value is -3.50.